The molecule has 1 aromatic carbocycles. The molecule has 0 aliphatic heterocycles. The number of nitrogens with one attached hydrogen (secondary N) is 1. The SMILES string of the molecule is [2H]C([2H])([2H])C(c1cc(C)c(-c2cc(=O)c3c(C(N)=O)nccc3[nH]2)cc1Cl)(C([2H])([2H])[2H])C([2H])([2H])O. The number of nitrogens with zero attached hydrogens (tertiary/aromatic N) is 1. The highest BCUT2D eigenvalue weighted by Gasteiger charge is 2.24. The fraction of sp³-hybridized carbons (Fsp3) is 0.250. The molecule has 0 fully saturated rings. The number of halogens is 1. The first-order chi connectivity index (χ1) is 15.8. The van der Waals surface area contributed by atoms with Crippen LogP contribution in [0.3, 0.4) is 0 Å². The van der Waals surface area contributed by atoms with Crippen LogP contribution in [-0.4, -0.2) is 27.5 Å². The van der Waals surface area contributed by atoms with Crippen molar-refractivity contribution in [2.45, 2.75) is 26.0 Å². The third kappa shape index (κ3) is 3.34. The molecule has 0 bridgehead atoms. The fourth-order valence-electron chi connectivity index (χ4n) is 2.85. The predicted molar refractivity (Wildman–Crippen MR) is 106 cm³/mol. The summed E-state index contributed by atoms with van der Waals surface area (Å²) in [5.74, 6) is -0.902. The van der Waals surface area contributed by atoms with Crippen LogP contribution in [0.15, 0.2) is 35.3 Å². The number of pyridine rings is 2. The third-order valence-corrected chi connectivity index (χ3v) is 4.46. The molecule has 7 heteroatoms. The van der Waals surface area contributed by atoms with Gasteiger partial charge in [-0.05, 0) is 30.2 Å². The number of nitrogens with two attached hydrogens (primary N) is 1. The molecule has 27 heavy (non-hydrogen) atoms. The molecule has 4 N–H and O–H groups in total. The summed E-state index contributed by atoms with van der Waals surface area (Å²) in [7, 11) is 0. The van der Waals surface area contributed by atoms with E-state index in [-0.39, 0.29) is 33.4 Å². The van der Waals surface area contributed by atoms with Gasteiger partial charge in [-0.1, -0.05) is 31.4 Å². The molecule has 0 aliphatic rings. The van der Waals surface area contributed by atoms with E-state index in [4.69, 9.17) is 28.3 Å². The minimum atomic E-state index is -3.73. The maximum atomic E-state index is 12.8. The van der Waals surface area contributed by atoms with E-state index in [0.717, 1.165) is 12.1 Å². The Kier molecular flexibility index (Phi) is 2.82. The summed E-state index contributed by atoms with van der Waals surface area (Å²) in [4.78, 5) is 31.2. The van der Waals surface area contributed by atoms with Crippen molar-refractivity contribution >= 4 is 28.4 Å². The standard InChI is InChI=1S/C20H20ClN3O3/c1-10-6-12(20(2,3)9-25)13(21)7-11(10)15-8-16(26)17-14(24-15)4-5-23-18(17)19(22)27/h4-8,25H,9H2,1-3H3,(H2,22,27)(H,24,26)/i2D3,3D3,9D2. The van der Waals surface area contributed by atoms with Crippen molar-refractivity contribution in [2.75, 3.05) is 6.56 Å². The number of amides is 1. The molecule has 0 unspecified atom stereocenters. The van der Waals surface area contributed by atoms with E-state index >= 15 is 0 Å². The van der Waals surface area contributed by atoms with Crippen molar-refractivity contribution < 1.29 is 20.9 Å². The summed E-state index contributed by atoms with van der Waals surface area (Å²) in [6.07, 6.45) is 1.27. The van der Waals surface area contributed by atoms with Crippen molar-refractivity contribution in [3.8, 4) is 11.3 Å². The van der Waals surface area contributed by atoms with Gasteiger partial charge in [-0.25, -0.2) is 0 Å². The highest BCUT2D eigenvalue weighted by molar-refractivity contribution is 6.31. The van der Waals surface area contributed by atoms with E-state index in [1.807, 2.05) is 0 Å². The van der Waals surface area contributed by atoms with Crippen molar-refractivity contribution in [1.82, 2.24) is 9.97 Å². The summed E-state index contributed by atoms with van der Waals surface area (Å²) >= 11 is 6.34. The molecular formula is C20H20ClN3O3. The Labute approximate surface area is 172 Å². The second-order valence-corrected chi connectivity index (χ2v) is 6.41. The second kappa shape index (κ2) is 6.79. The van der Waals surface area contributed by atoms with Crippen LogP contribution in [0.1, 0.15) is 46.3 Å². The Morgan fingerprint density at radius 2 is 2.19 bits per heavy atom. The van der Waals surface area contributed by atoms with Crippen LogP contribution < -0.4 is 11.2 Å². The number of hydrogen-bond acceptors (Lipinski definition) is 4. The normalized spacial score (nSPS) is 17.6. The van der Waals surface area contributed by atoms with Gasteiger partial charge in [0.2, 0.25) is 0 Å². The smallest absolute Gasteiger partial charge is 0.268 e. The number of aromatic amines is 1. The van der Waals surface area contributed by atoms with Crippen molar-refractivity contribution in [3.63, 3.8) is 0 Å². The number of carbonyl (C=O) groups excluding carboxylic acids is 1. The monoisotopic (exact) mass is 393 g/mol. The van der Waals surface area contributed by atoms with Gasteiger partial charge in [-0.3, -0.25) is 14.6 Å². The Bertz CT molecular complexity index is 1360. The first-order valence-electron chi connectivity index (χ1n) is 11.7. The molecule has 0 aliphatic carbocycles. The number of benzene rings is 1. The van der Waals surface area contributed by atoms with E-state index in [0.29, 0.717) is 0 Å². The zero-order chi connectivity index (χ0) is 26.7. The minimum absolute atomic E-state index is 0.0404. The predicted octanol–water partition coefficient (Wildman–Crippen LogP) is 2.92. The first-order valence-corrected chi connectivity index (χ1v) is 8.07. The summed E-state index contributed by atoms with van der Waals surface area (Å²) < 4.78 is 62.8. The Morgan fingerprint density at radius 3 is 2.81 bits per heavy atom. The quantitative estimate of drug-likeness (QED) is 0.633. The van der Waals surface area contributed by atoms with Crippen LogP contribution in [0, 0.1) is 6.92 Å². The number of hydrogen-bond donors (Lipinski definition) is 3. The lowest BCUT2D eigenvalue weighted by Gasteiger charge is -2.25. The Balaban J connectivity index is 2.35. The average Bonchev–Trinajstić information content (AvgIpc) is 2.66. The molecular weight excluding hydrogens is 366 g/mol. The third-order valence-electron chi connectivity index (χ3n) is 4.15. The number of H-pyrrole nitrogens is 1. The molecule has 3 rings (SSSR count). The van der Waals surface area contributed by atoms with Gasteiger partial charge < -0.3 is 15.8 Å². The maximum absolute atomic E-state index is 12.8. The largest absolute Gasteiger partial charge is 0.395 e. The molecule has 2 aromatic heterocycles. The van der Waals surface area contributed by atoms with Gasteiger partial charge >= 0.3 is 0 Å². The molecule has 0 saturated heterocycles. The van der Waals surface area contributed by atoms with Crippen molar-refractivity contribution in [2.24, 2.45) is 5.73 Å². The zero-order valence-electron chi connectivity index (χ0n) is 22.1. The van der Waals surface area contributed by atoms with Crippen LogP contribution in [0.5, 0.6) is 0 Å². The van der Waals surface area contributed by atoms with E-state index < -0.39 is 47.6 Å². The summed E-state index contributed by atoms with van der Waals surface area (Å²) in [6, 6.07) is 4.82. The summed E-state index contributed by atoms with van der Waals surface area (Å²) in [5, 5.41) is 9.75. The van der Waals surface area contributed by atoms with Crippen LogP contribution in [0.4, 0.5) is 0 Å². The lowest BCUT2D eigenvalue weighted by molar-refractivity contribution is 0.0997. The molecule has 0 saturated carbocycles. The van der Waals surface area contributed by atoms with Crippen LogP contribution in [-0.2, 0) is 5.41 Å². The van der Waals surface area contributed by atoms with E-state index in [2.05, 4.69) is 9.97 Å². The first kappa shape index (κ1) is 11.2. The number of aromatic nitrogens is 2. The van der Waals surface area contributed by atoms with Gasteiger partial charge in [0, 0.05) is 36.5 Å². The zero-order valence-corrected chi connectivity index (χ0v) is 14.8. The summed E-state index contributed by atoms with van der Waals surface area (Å²) in [5.41, 5.74) is 1.34. The lowest BCUT2D eigenvalue weighted by Crippen LogP contribution is -2.22. The number of primary amides is 1. The molecule has 0 radical (unpaired) electrons. The van der Waals surface area contributed by atoms with E-state index in [1.165, 1.54) is 25.3 Å². The topological polar surface area (TPSA) is 109 Å². The lowest BCUT2D eigenvalue weighted by atomic mass is 9.83. The number of aliphatic hydroxyl groups is 1. The van der Waals surface area contributed by atoms with Gasteiger partial charge in [0.1, 0.15) is 5.69 Å². The number of carbonyl (C=O) groups is 1. The highest BCUT2D eigenvalue weighted by atomic mass is 35.5. The number of fused-ring (bicyclic) bond motifs is 1. The molecule has 1 amide bonds. The summed E-state index contributed by atoms with van der Waals surface area (Å²) in [6.45, 7) is -9.33. The maximum Gasteiger partial charge on any atom is 0.268 e. The van der Waals surface area contributed by atoms with Gasteiger partial charge in [-0.15, -0.1) is 0 Å². The molecule has 6 nitrogen and oxygen atoms in total. The van der Waals surface area contributed by atoms with Gasteiger partial charge in [-0.2, -0.15) is 0 Å². The molecule has 0 atom stereocenters. The molecule has 3 aromatic rings. The Morgan fingerprint density at radius 1 is 1.44 bits per heavy atom. The van der Waals surface area contributed by atoms with E-state index in [9.17, 15) is 14.7 Å². The van der Waals surface area contributed by atoms with Gasteiger partial charge in [0.05, 0.1) is 25.9 Å². The fourth-order valence-corrected chi connectivity index (χ4v) is 3.16. The van der Waals surface area contributed by atoms with Gasteiger partial charge in [0.25, 0.3) is 5.91 Å². The minimum Gasteiger partial charge on any atom is -0.395 e. The van der Waals surface area contributed by atoms with Crippen molar-refractivity contribution in [3.05, 3.63) is 62.5 Å². The van der Waals surface area contributed by atoms with Crippen LogP contribution in [0.2, 0.25) is 5.02 Å². The number of rotatable bonds is 4. The van der Waals surface area contributed by atoms with Crippen molar-refractivity contribution in [1.29, 1.82) is 0 Å². The van der Waals surface area contributed by atoms with Crippen LogP contribution >= 0.6 is 11.6 Å². The highest BCUT2D eigenvalue weighted by Crippen LogP contribution is 2.35. The Hall–Kier alpha value is -2.70. The van der Waals surface area contributed by atoms with Crippen LogP contribution in [0.25, 0.3) is 22.2 Å². The van der Waals surface area contributed by atoms with E-state index in [1.54, 1.807) is 0 Å². The number of aryl methyl sites for hydroxylation is 1. The van der Waals surface area contributed by atoms with Gasteiger partial charge in [0.15, 0.2) is 5.43 Å². The second-order valence-electron chi connectivity index (χ2n) is 6.00. The molecule has 2 heterocycles. The molecule has 0 spiro atoms. The molecule has 140 valence electrons. The average molecular weight is 394 g/mol.